The number of nitriles is 1. The molecule has 9 nitrogen and oxygen atoms in total. The Morgan fingerprint density at radius 3 is 2.57 bits per heavy atom. The molecule has 2 aliphatic rings. The number of benzene rings is 2. The molecule has 37 heavy (non-hydrogen) atoms. The standard InChI is InChI=1S/C23H19F4N5O4S/c24-16-7-18(30-37(34,35)32-10-23(11-32)4-1-5-23)15(8-28)21(20(16)27)36-13-2-3-17-14(6-13)22(33)31(12-29-17)9-19(25)26/h2-3,6-7,12,19,30H,1,4-5,9-11H2. The predicted molar refractivity (Wildman–Crippen MR) is 124 cm³/mol. The van der Waals surface area contributed by atoms with Gasteiger partial charge >= 0.3 is 10.2 Å². The molecular weight excluding hydrogens is 518 g/mol. The van der Waals surface area contributed by atoms with Gasteiger partial charge in [0, 0.05) is 19.2 Å². The smallest absolute Gasteiger partial charge is 0.301 e. The normalized spacial score (nSPS) is 16.9. The summed E-state index contributed by atoms with van der Waals surface area (Å²) in [7, 11) is -4.15. The first-order valence-electron chi connectivity index (χ1n) is 11.2. The highest BCUT2D eigenvalue weighted by atomic mass is 32.2. The van der Waals surface area contributed by atoms with E-state index in [1.807, 2.05) is 0 Å². The first kappa shape index (κ1) is 25.0. The molecule has 14 heteroatoms. The molecule has 0 unspecified atom stereocenters. The van der Waals surface area contributed by atoms with Gasteiger partial charge in [0.2, 0.25) is 5.82 Å². The summed E-state index contributed by atoms with van der Waals surface area (Å²) in [5, 5.41) is 9.52. The summed E-state index contributed by atoms with van der Waals surface area (Å²) in [5.41, 5.74) is -1.86. The van der Waals surface area contributed by atoms with E-state index in [0.717, 1.165) is 36.0 Å². The largest absolute Gasteiger partial charge is 0.453 e. The minimum absolute atomic E-state index is 0.0338. The zero-order valence-corrected chi connectivity index (χ0v) is 19.9. The lowest BCUT2D eigenvalue weighted by molar-refractivity contribution is -0.00752. The minimum atomic E-state index is -4.15. The molecule has 1 aromatic heterocycles. The number of fused-ring (bicyclic) bond motifs is 1. The summed E-state index contributed by atoms with van der Waals surface area (Å²) in [6.45, 7) is -0.303. The van der Waals surface area contributed by atoms with Gasteiger partial charge in [0.25, 0.3) is 12.0 Å². The summed E-state index contributed by atoms with van der Waals surface area (Å²) in [6, 6.07) is 5.81. The molecule has 0 radical (unpaired) electrons. The maximum atomic E-state index is 14.7. The number of nitrogens with zero attached hydrogens (tertiary/aromatic N) is 4. The molecule has 1 saturated carbocycles. The van der Waals surface area contributed by atoms with Gasteiger partial charge in [-0.25, -0.2) is 18.2 Å². The Balaban J connectivity index is 1.48. The van der Waals surface area contributed by atoms with Crippen LogP contribution in [0, 0.1) is 28.4 Å². The number of hydrogen-bond donors (Lipinski definition) is 1. The number of anilines is 1. The molecule has 194 valence electrons. The summed E-state index contributed by atoms with van der Waals surface area (Å²) in [6.07, 6.45) is 1.00. The van der Waals surface area contributed by atoms with Crippen LogP contribution < -0.4 is 15.0 Å². The maximum absolute atomic E-state index is 14.7. The fourth-order valence-electron chi connectivity index (χ4n) is 4.56. The van der Waals surface area contributed by atoms with Crippen molar-refractivity contribution in [1.82, 2.24) is 13.9 Å². The van der Waals surface area contributed by atoms with Gasteiger partial charge in [0.05, 0.1) is 29.5 Å². The number of alkyl halides is 2. The summed E-state index contributed by atoms with van der Waals surface area (Å²) in [5.74, 6) is -4.17. The van der Waals surface area contributed by atoms with Crippen LogP contribution in [0.1, 0.15) is 24.8 Å². The maximum Gasteiger partial charge on any atom is 0.301 e. The molecule has 1 aliphatic carbocycles. The molecule has 2 heterocycles. The van der Waals surface area contributed by atoms with Gasteiger partial charge in [-0.05, 0) is 36.5 Å². The molecule has 1 saturated heterocycles. The Labute approximate surface area is 208 Å². The second kappa shape index (κ2) is 9.00. The highest BCUT2D eigenvalue weighted by Crippen LogP contribution is 2.49. The fraction of sp³-hybridized carbons (Fsp3) is 0.348. The van der Waals surface area contributed by atoms with Crippen LogP contribution in [0.15, 0.2) is 35.4 Å². The average molecular weight is 537 g/mol. The van der Waals surface area contributed by atoms with Crippen molar-refractivity contribution in [2.45, 2.75) is 32.2 Å². The van der Waals surface area contributed by atoms with E-state index in [0.29, 0.717) is 23.7 Å². The second-order valence-corrected chi connectivity index (χ2v) is 10.8. The lowest BCUT2D eigenvalue weighted by Crippen LogP contribution is -2.62. The van der Waals surface area contributed by atoms with E-state index >= 15 is 0 Å². The molecule has 1 N–H and O–H groups in total. The zero-order chi connectivity index (χ0) is 26.5. The fourth-order valence-corrected chi connectivity index (χ4v) is 6.01. The van der Waals surface area contributed by atoms with Crippen molar-refractivity contribution in [3.8, 4) is 17.6 Å². The van der Waals surface area contributed by atoms with E-state index in [1.165, 1.54) is 12.1 Å². The third-order valence-corrected chi connectivity index (χ3v) is 8.07. The van der Waals surface area contributed by atoms with Crippen molar-refractivity contribution in [2.24, 2.45) is 5.41 Å². The monoisotopic (exact) mass is 537 g/mol. The molecule has 3 aromatic rings. The van der Waals surface area contributed by atoms with Crippen molar-refractivity contribution in [3.05, 3.63) is 58.1 Å². The molecule has 0 bridgehead atoms. The first-order chi connectivity index (χ1) is 17.5. The second-order valence-electron chi connectivity index (χ2n) is 9.14. The number of nitrogens with one attached hydrogen (secondary N) is 1. The number of rotatable bonds is 7. The predicted octanol–water partition coefficient (Wildman–Crippen LogP) is 3.75. The molecule has 1 spiro atoms. The molecule has 2 aromatic carbocycles. The van der Waals surface area contributed by atoms with Crippen LogP contribution in [-0.2, 0) is 16.8 Å². The lowest BCUT2D eigenvalue weighted by Gasteiger charge is -2.54. The van der Waals surface area contributed by atoms with E-state index in [9.17, 15) is 36.0 Å². The van der Waals surface area contributed by atoms with Crippen LogP contribution in [-0.4, -0.2) is 41.8 Å². The van der Waals surface area contributed by atoms with Crippen LogP contribution in [0.25, 0.3) is 10.9 Å². The third-order valence-electron chi connectivity index (χ3n) is 6.66. The van der Waals surface area contributed by atoms with E-state index < -0.39 is 57.4 Å². The quantitative estimate of drug-likeness (QED) is 0.459. The Morgan fingerprint density at radius 2 is 1.95 bits per heavy atom. The molecule has 1 aliphatic heterocycles. The van der Waals surface area contributed by atoms with Gasteiger partial charge in [-0.15, -0.1) is 0 Å². The van der Waals surface area contributed by atoms with Crippen molar-refractivity contribution in [2.75, 3.05) is 17.8 Å². The van der Waals surface area contributed by atoms with Gasteiger partial charge in [-0.2, -0.15) is 22.4 Å². The molecular formula is C23H19F4N5O4S. The number of hydrogen-bond acceptors (Lipinski definition) is 6. The SMILES string of the molecule is N#Cc1c(NS(=O)(=O)N2CC3(CCC3)C2)cc(F)c(F)c1Oc1ccc2ncn(CC(F)F)c(=O)c2c1. The van der Waals surface area contributed by atoms with Crippen LogP contribution in [0.4, 0.5) is 23.2 Å². The third kappa shape index (κ3) is 4.49. The summed E-state index contributed by atoms with van der Waals surface area (Å²) < 4.78 is 89.7. The van der Waals surface area contributed by atoms with Gasteiger partial charge in [-0.1, -0.05) is 6.42 Å². The van der Waals surface area contributed by atoms with Gasteiger partial charge in [0.15, 0.2) is 11.6 Å². The van der Waals surface area contributed by atoms with Crippen molar-refractivity contribution >= 4 is 26.8 Å². The Kier molecular flexibility index (Phi) is 6.07. The molecule has 5 rings (SSSR count). The van der Waals surface area contributed by atoms with Crippen LogP contribution in [0.2, 0.25) is 0 Å². The highest BCUT2D eigenvalue weighted by Gasteiger charge is 2.51. The number of halogens is 4. The average Bonchev–Trinajstić information content (AvgIpc) is 2.77. The lowest BCUT2D eigenvalue weighted by atomic mass is 9.65. The van der Waals surface area contributed by atoms with Crippen LogP contribution in [0.5, 0.6) is 11.5 Å². The van der Waals surface area contributed by atoms with Gasteiger partial charge in [0.1, 0.15) is 17.4 Å². The van der Waals surface area contributed by atoms with Crippen LogP contribution in [0.3, 0.4) is 0 Å². The van der Waals surface area contributed by atoms with Crippen molar-refractivity contribution < 1.29 is 30.7 Å². The zero-order valence-electron chi connectivity index (χ0n) is 19.0. The summed E-state index contributed by atoms with van der Waals surface area (Å²) in [4.78, 5) is 16.5. The molecule has 0 atom stereocenters. The van der Waals surface area contributed by atoms with Crippen LogP contribution >= 0.6 is 0 Å². The Morgan fingerprint density at radius 1 is 1.22 bits per heavy atom. The minimum Gasteiger partial charge on any atom is -0.453 e. The molecule has 0 amide bonds. The van der Waals surface area contributed by atoms with Gasteiger partial charge in [-0.3, -0.25) is 14.1 Å². The number of ether oxygens (including phenoxy) is 1. The summed E-state index contributed by atoms with van der Waals surface area (Å²) >= 11 is 0. The van der Waals surface area contributed by atoms with E-state index in [-0.39, 0.29) is 22.1 Å². The van der Waals surface area contributed by atoms with Crippen molar-refractivity contribution in [1.29, 1.82) is 5.26 Å². The first-order valence-corrected chi connectivity index (χ1v) is 12.6. The van der Waals surface area contributed by atoms with Gasteiger partial charge < -0.3 is 4.74 Å². The topological polar surface area (TPSA) is 117 Å². The van der Waals surface area contributed by atoms with E-state index in [4.69, 9.17) is 4.74 Å². The highest BCUT2D eigenvalue weighted by molar-refractivity contribution is 7.90. The van der Waals surface area contributed by atoms with E-state index in [1.54, 1.807) is 6.07 Å². The Bertz CT molecular complexity index is 1610. The number of aromatic nitrogens is 2. The van der Waals surface area contributed by atoms with E-state index in [2.05, 4.69) is 9.71 Å². The Hall–Kier alpha value is -3.70. The molecule has 2 fully saturated rings. The van der Waals surface area contributed by atoms with Crippen molar-refractivity contribution in [3.63, 3.8) is 0 Å².